The molecule has 1 aromatic carbocycles. The molecule has 0 unspecified atom stereocenters. The van der Waals surface area contributed by atoms with Crippen LogP contribution < -0.4 is 0 Å². The van der Waals surface area contributed by atoms with Crippen LogP contribution in [0.5, 0.6) is 0 Å². The van der Waals surface area contributed by atoms with E-state index in [9.17, 15) is 4.79 Å². The molecule has 1 saturated carbocycles. The molecule has 110 valence electrons. The summed E-state index contributed by atoms with van der Waals surface area (Å²) in [6.07, 6.45) is 4.74. The van der Waals surface area contributed by atoms with E-state index in [1.165, 1.54) is 18.4 Å². The molecular formula is C18H26O2. The van der Waals surface area contributed by atoms with Crippen LogP contribution in [0.1, 0.15) is 63.5 Å². The predicted molar refractivity (Wildman–Crippen MR) is 81.7 cm³/mol. The fourth-order valence-electron chi connectivity index (χ4n) is 3.03. The highest BCUT2D eigenvalue weighted by Gasteiger charge is 2.34. The van der Waals surface area contributed by atoms with Crippen molar-refractivity contribution in [1.29, 1.82) is 0 Å². The second kappa shape index (κ2) is 5.99. The van der Waals surface area contributed by atoms with Crippen LogP contribution in [0.15, 0.2) is 24.3 Å². The highest BCUT2D eigenvalue weighted by molar-refractivity contribution is 5.79. The zero-order valence-corrected chi connectivity index (χ0v) is 13.1. The number of aryl methyl sites for hydroxylation is 1. The summed E-state index contributed by atoms with van der Waals surface area (Å²) < 4.78 is 5.66. The van der Waals surface area contributed by atoms with E-state index in [-0.39, 0.29) is 11.9 Å². The van der Waals surface area contributed by atoms with Crippen molar-refractivity contribution < 1.29 is 9.53 Å². The van der Waals surface area contributed by atoms with Gasteiger partial charge in [0.25, 0.3) is 0 Å². The van der Waals surface area contributed by atoms with Crippen molar-refractivity contribution in [1.82, 2.24) is 0 Å². The Labute approximate surface area is 122 Å². The molecule has 2 rings (SSSR count). The Morgan fingerprint density at radius 1 is 1.15 bits per heavy atom. The maximum absolute atomic E-state index is 12.6. The molecule has 2 nitrogen and oxygen atoms in total. The first-order chi connectivity index (χ1) is 9.37. The van der Waals surface area contributed by atoms with E-state index < -0.39 is 5.60 Å². The van der Waals surface area contributed by atoms with Gasteiger partial charge < -0.3 is 4.74 Å². The lowest BCUT2D eigenvalue weighted by molar-refractivity contribution is -0.158. The van der Waals surface area contributed by atoms with Gasteiger partial charge in [-0.1, -0.05) is 42.7 Å². The minimum absolute atomic E-state index is 0.0618. The minimum Gasteiger partial charge on any atom is -0.459 e. The van der Waals surface area contributed by atoms with Crippen molar-refractivity contribution >= 4 is 5.97 Å². The third-order valence-electron chi connectivity index (χ3n) is 3.97. The Kier molecular flexibility index (Phi) is 4.52. The van der Waals surface area contributed by atoms with Gasteiger partial charge in [-0.15, -0.1) is 0 Å². The quantitative estimate of drug-likeness (QED) is 0.752. The second-order valence-electron chi connectivity index (χ2n) is 6.97. The van der Waals surface area contributed by atoms with Gasteiger partial charge in [0.2, 0.25) is 0 Å². The maximum atomic E-state index is 12.6. The molecule has 0 heterocycles. The van der Waals surface area contributed by atoms with E-state index in [1.807, 2.05) is 20.8 Å². The Bertz CT molecular complexity index is 447. The van der Waals surface area contributed by atoms with E-state index in [2.05, 4.69) is 31.2 Å². The Balaban J connectivity index is 2.24. The van der Waals surface area contributed by atoms with E-state index in [0.717, 1.165) is 18.4 Å². The summed E-state index contributed by atoms with van der Waals surface area (Å²) in [5.74, 6) is 0.276. The van der Waals surface area contributed by atoms with Crippen molar-refractivity contribution in [3.05, 3.63) is 35.4 Å². The highest BCUT2D eigenvalue weighted by atomic mass is 16.6. The molecule has 0 bridgehead atoms. The molecule has 0 radical (unpaired) electrons. The Morgan fingerprint density at radius 2 is 1.70 bits per heavy atom. The van der Waals surface area contributed by atoms with Crippen molar-refractivity contribution in [2.75, 3.05) is 0 Å². The Hall–Kier alpha value is -1.31. The van der Waals surface area contributed by atoms with Gasteiger partial charge in [-0.05, 0) is 52.0 Å². The number of rotatable bonds is 3. The lowest BCUT2D eigenvalue weighted by Gasteiger charge is -2.27. The number of hydrogen-bond acceptors (Lipinski definition) is 2. The summed E-state index contributed by atoms with van der Waals surface area (Å²) in [5, 5.41) is 0. The van der Waals surface area contributed by atoms with Gasteiger partial charge in [0.05, 0.1) is 5.92 Å². The number of ether oxygens (including phenoxy) is 1. The average Bonchev–Trinajstić information content (AvgIpc) is 2.83. The van der Waals surface area contributed by atoms with Gasteiger partial charge in [-0.2, -0.15) is 0 Å². The van der Waals surface area contributed by atoms with Gasteiger partial charge in [-0.3, -0.25) is 4.79 Å². The summed E-state index contributed by atoms with van der Waals surface area (Å²) in [6.45, 7) is 7.88. The topological polar surface area (TPSA) is 26.3 Å². The highest BCUT2D eigenvalue weighted by Crippen LogP contribution is 2.38. The summed E-state index contributed by atoms with van der Waals surface area (Å²) in [4.78, 5) is 12.6. The molecule has 0 aromatic heterocycles. The van der Waals surface area contributed by atoms with Crippen LogP contribution in [-0.4, -0.2) is 11.6 Å². The van der Waals surface area contributed by atoms with E-state index in [1.54, 1.807) is 0 Å². The van der Waals surface area contributed by atoms with Gasteiger partial charge >= 0.3 is 5.97 Å². The molecule has 1 fully saturated rings. The lowest BCUT2D eigenvalue weighted by Crippen LogP contribution is -2.30. The molecule has 0 N–H and O–H groups in total. The first kappa shape index (κ1) is 15.1. The van der Waals surface area contributed by atoms with Gasteiger partial charge in [0, 0.05) is 0 Å². The molecule has 1 aromatic rings. The zero-order chi connectivity index (χ0) is 14.8. The standard InChI is InChI=1S/C18H26O2/c1-13-9-11-15(12-10-13)16(14-7-5-6-8-14)17(19)20-18(2,3)4/h9-12,14,16H,5-8H2,1-4H3/t16-/m0/s1. The maximum Gasteiger partial charge on any atom is 0.314 e. The number of carbonyl (C=O) groups excluding carboxylic acids is 1. The monoisotopic (exact) mass is 274 g/mol. The first-order valence-electron chi connectivity index (χ1n) is 7.66. The molecule has 0 aliphatic heterocycles. The summed E-state index contributed by atoms with van der Waals surface area (Å²) >= 11 is 0. The van der Waals surface area contributed by atoms with Crippen LogP contribution in [-0.2, 0) is 9.53 Å². The molecule has 20 heavy (non-hydrogen) atoms. The molecule has 2 heteroatoms. The average molecular weight is 274 g/mol. The van der Waals surface area contributed by atoms with Crippen LogP contribution in [0.2, 0.25) is 0 Å². The Morgan fingerprint density at radius 3 is 2.20 bits per heavy atom. The molecule has 1 aliphatic rings. The van der Waals surface area contributed by atoms with Crippen LogP contribution in [0.4, 0.5) is 0 Å². The van der Waals surface area contributed by atoms with Crippen molar-refractivity contribution in [2.45, 2.75) is 64.9 Å². The number of benzene rings is 1. The van der Waals surface area contributed by atoms with E-state index in [0.29, 0.717) is 5.92 Å². The van der Waals surface area contributed by atoms with Crippen molar-refractivity contribution in [3.63, 3.8) is 0 Å². The first-order valence-corrected chi connectivity index (χ1v) is 7.66. The largest absolute Gasteiger partial charge is 0.459 e. The molecule has 0 amide bonds. The fourth-order valence-corrected chi connectivity index (χ4v) is 3.03. The van der Waals surface area contributed by atoms with Gasteiger partial charge in [0.15, 0.2) is 0 Å². The van der Waals surface area contributed by atoms with Gasteiger partial charge in [-0.25, -0.2) is 0 Å². The molecule has 1 aliphatic carbocycles. The number of hydrogen-bond donors (Lipinski definition) is 0. The zero-order valence-electron chi connectivity index (χ0n) is 13.1. The molecule has 0 saturated heterocycles. The summed E-state index contributed by atoms with van der Waals surface area (Å²) in [7, 11) is 0. The fraction of sp³-hybridized carbons (Fsp3) is 0.611. The molecule has 1 atom stereocenters. The van der Waals surface area contributed by atoms with E-state index in [4.69, 9.17) is 4.74 Å². The summed E-state index contributed by atoms with van der Waals surface area (Å²) in [6, 6.07) is 8.34. The minimum atomic E-state index is -0.418. The third-order valence-corrected chi connectivity index (χ3v) is 3.97. The van der Waals surface area contributed by atoms with Crippen LogP contribution in [0, 0.1) is 12.8 Å². The van der Waals surface area contributed by atoms with Crippen molar-refractivity contribution in [3.8, 4) is 0 Å². The van der Waals surface area contributed by atoms with Crippen LogP contribution in [0.3, 0.4) is 0 Å². The SMILES string of the molecule is Cc1ccc([C@@H](C(=O)OC(C)(C)C)C2CCCC2)cc1. The van der Waals surface area contributed by atoms with E-state index >= 15 is 0 Å². The van der Waals surface area contributed by atoms with Crippen molar-refractivity contribution in [2.24, 2.45) is 5.92 Å². The third kappa shape index (κ3) is 3.84. The smallest absolute Gasteiger partial charge is 0.314 e. The predicted octanol–water partition coefficient (Wildman–Crippen LogP) is 4.61. The van der Waals surface area contributed by atoms with Gasteiger partial charge in [0.1, 0.15) is 5.60 Å². The second-order valence-corrected chi connectivity index (χ2v) is 6.97. The molecule has 0 spiro atoms. The number of esters is 1. The lowest BCUT2D eigenvalue weighted by atomic mass is 9.84. The summed E-state index contributed by atoms with van der Waals surface area (Å²) in [5.41, 5.74) is 1.92. The van der Waals surface area contributed by atoms with Crippen LogP contribution >= 0.6 is 0 Å². The molecular weight excluding hydrogens is 248 g/mol. The van der Waals surface area contributed by atoms with Crippen LogP contribution in [0.25, 0.3) is 0 Å². The number of carbonyl (C=O) groups is 1. The normalized spacial score (nSPS) is 18.0.